The van der Waals surface area contributed by atoms with Gasteiger partial charge in [0.25, 0.3) is 0 Å². The molecule has 1 atom stereocenters. The lowest BCUT2D eigenvalue weighted by Crippen LogP contribution is -2.14. The first-order valence-corrected chi connectivity index (χ1v) is 7.29. The number of rotatable bonds is 4. The van der Waals surface area contributed by atoms with Crippen molar-refractivity contribution in [3.63, 3.8) is 0 Å². The number of furan rings is 1. The van der Waals surface area contributed by atoms with Crippen LogP contribution in [0.2, 0.25) is 0 Å². The van der Waals surface area contributed by atoms with Gasteiger partial charge < -0.3 is 14.3 Å². The van der Waals surface area contributed by atoms with Crippen molar-refractivity contribution in [2.24, 2.45) is 0 Å². The van der Waals surface area contributed by atoms with Gasteiger partial charge in [0.05, 0.1) is 0 Å². The predicted molar refractivity (Wildman–Crippen MR) is 84.6 cm³/mol. The maximum Gasteiger partial charge on any atom is 0.371 e. The second kappa shape index (κ2) is 5.87. The lowest BCUT2D eigenvalue weighted by atomic mass is 9.86. The van der Waals surface area contributed by atoms with E-state index in [1.54, 1.807) is 6.07 Å². The Bertz CT molecular complexity index is 677. The summed E-state index contributed by atoms with van der Waals surface area (Å²) in [5.41, 5.74) is 2.17. The number of aromatic carboxylic acids is 1. The van der Waals surface area contributed by atoms with E-state index in [1.165, 1.54) is 6.07 Å². The highest BCUT2D eigenvalue weighted by atomic mass is 16.5. The van der Waals surface area contributed by atoms with Gasteiger partial charge in [-0.1, -0.05) is 32.9 Å². The summed E-state index contributed by atoms with van der Waals surface area (Å²) < 4.78 is 11.4. The Balaban J connectivity index is 2.29. The van der Waals surface area contributed by atoms with E-state index >= 15 is 0 Å². The Morgan fingerprint density at radius 1 is 1.23 bits per heavy atom. The number of benzene rings is 1. The van der Waals surface area contributed by atoms with E-state index in [0.717, 1.165) is 16.9 Å². The van der Waals surface area contributed by atoms with E-state index in [2.05, 4.69) is 32.9 Å². The Morgan fingerprint density at radius 3 is 2.45 bits per heavy atom. The molecule has 0 bridgehead atoms. The first-order chi connectivity index (χ1) is 10.2. The number of hydrogen-bond donors (Lipinski definition) is 1. The molecule has 1 aromatic carbocycles. The minimum Gasteiger partial charge on any atom is -0.482 e. The second-order valence-corrected chi connectivity index (χ2v) is 6.52. The summed E-state index contributed by atoms with van der Waals surface area (Å²) in [6.45, 7) is 10.2. The van der Waals surface area contributed by atoms with Gasteiger partial charge in [-0.3, -0.25) is 0 Å². The molecule has 1 aromatic heterocycles. The Hall–Kier alpha value is -2.23. The molecule has 22 heavy (non-hydrogen) atoms. The van der Waals surface area contributed by atoms with Gasteiger partial charge in [-0.05, 0) is 48.6 Å². The molecule has 118 valence electrons. The van der Waals surface area contributed by atoms with E-state index in [0.29, 0.717) is 5.76 Å². The molecule has 0 aliphatic heterocycles. The zero-order valence-electron chi connectivity index (χ0n) is 13.6. The van der Waals surface area contributed by atoms with Crippen LogP contribution in [0.25, 0.3) is 0 Å². The van der Waals surface area contributed by atoms with E-state index in [4.69, 9.17) is 14.3 Å². The van der Waals surface area contributed by atoms with Gasteiger partial charge in [-0.25, -0.2) is 4.79 Å². The van der Waals surface area contributed by atoms with Crippen molar-refractivity contribution in [3.8, 4) is 5.75 Å². The van der Waals surface area contributed by atoms with E-state index in [9.17, 15) is 4.79 Å². The van der Waals surface area contributed by atoms with Crippen molar-refractivity contribution in [2.75, 3.05) is 0 Å². The van der Waals surface area contributed by atoms with Crippen LogP contribution in [0.5, 0.6) is 5.75 Å². The van der Waals surface area contributed by atoms with Crippen LogP contribution in [0, 0.1) is 6.92 Å². The molecule has 0 spiro atoms. The molecular weight excluding hydrogens is 280 g/mol. The summed E-state index contributed by atoms with van der Waals surface area (Å²) in [7, 11) is 0. The third-order valence-corrected chi connectivity index (χ3v) is 3.49. The molecule has 2 aromatic rings. The summed E-state index contributed by atoms with van der Waals surface area (Å²) in [6.07, 6.45) is -0.365. The van der Waals surface area contributed by atoms with Crippen molar-refractivity contribution < 1.29 is 19.1 Å². The molecule has 0 aliphatic rings. The van der Waals surface area contributed by atoms with Crippen molar-refractivity contribution in [1.29, 1.82) is 0 Å². The number of aryl methyl sites for hydroxylation is 1. The minimum atomic E-state index is -1.08. The maximum absolute atomic E-state index is 10.9. The first kappa shape index (κ1) is 16.1. The SMILES string of the molecule is Cc1ccc(C(C)(C)C)c(OC(C)c2ccc(C(=O)O)o2)c1. The monoisotopic (exact) mass is 302 g/mol. The average Bonchev–Trinajstić information content (AvgIpc) is 2.86. The second-order valence-electron chi connectivity index (χ2n) is 6.52. The molecule has 2 rings (SSSR count). The van der Waals surface area contributed by atoms with E-state index < -0.39 is 5.97 Å². The third-order valence-electron chi connectivity index (χ3n) is 3.49. The van der Waals surface area contributed by atoms with Gasteiger partial charge >= 0.3 is 5.97 Å². The Labute approximate surface area is 130 Å². The summed E-state index contributed by atoms with van der Waals surface area (Å²) in [5, 5.41) is 8.92. The summed E-state index contributed by atoms with van der Waals surface area (Å²) in [5.74, 6) is 0.141. The molecule has 1 heterocycles. The summed E-state index contributed by atoms with van der Waals surface area (Å²) in [4.78, 5) is 10.9. The van der Waals surface area contributed by atoms with E-state index in [-0.39, 0.29) is 17.3 Å². The number of hydrogen-bond acceptors (Lipinski definition) is 3. The van der Waals surface area contributed by atoms with Gasteiger partial charge in [0.15, 0.2) is 6.10 Å². The van der Waals surface area contributed by atoms with Gasteiger partial charge in [-0.15, -0.1) is 0 Å². The predicted octanol–water partition coefficient (Wildman–Crippen LogP) is 4.72. The van der Waals surface area contributed by atoms with Crippen LogP contribution < -0.4 is 4.74 Å². The first-order valence-electron chi connectivity index (χ1n) is 7.29. The van der Waals surface area contributed by atoms with Crippen LogP contribution in [0.1, 0.15) is 61.2 Å². The molecule has 4 nitrogen and oxygen atoms in total. The number of carboxylic acids is 1. The largest absolute Gasteiger partial charge is 0.482 e. The maximum atomic E-state index is 10.9. The van der Waals surface area contributed by atoms with Crippen LogP contribution >= 0.6 is 0 Å². The quantitative estimate of drug-likeness (QED) is 0.887. The molecule has 0 radical (unpaired) electrons. The van der Waals surface area contributed by atoms with Crippen LogP contribution in [-0.4, -0.2) is 11.1 Å². The number of ether oxygens (including phenoxy) is 1. The highest BCUT2D eigenvalue weighted by molar-refractivity contribution is 5.84. The summed E-state index contributed by atoms with van der Waals surface area (Å²) in [6, 6.07) is 9.22. The standard InChI is InChI=1S/C18H22O4/c1-11-6-7-13(18(3,4)5)16(10-11)21-12(2)14-8-9-15(22-14)17(19)20/h6-10,12H,1-5H3,(H,19,20). The van der Waals surface area contributed by atoms with Gasteiger partial charge in [0.1, 0.15) is 11.5 Å². The van der Waals surface area contributed by atoms with Crippen molar-refractivity contribution in [1.82, 2.24) is 0 Å². The fraction of sp³-hybridized carbons (Fsp3) is 0.389. The molecule has 1 N–H and O–H groups in total. The highest BCUT2D eigenvalue weighted by Crippen LogP contribution is 2.34. The van der Waals surface area contributed by atoms with Crippen molar-refractivity contribution in [3.05, 3.63) is 53.0 Å². The Morgan fingerprint density at radius 2 is 1.91 bits per heavy atom. The fourth-order valence-corrected chi connectivity index (χ4v) is 2.28. The third kappa shape index (κ3) is 3.50. The smallest absolute Gasteiger partial charge is 0.371 e. The number of carboxylic acid groups (broad SMARTS) is 1. The van der Waals surface area contributed by atoms with E-state index in [1.807, 2.05) is 19.9 Å². The van der Waals surface area contributed by atoms with Gasteiger partial charge in [0, 0.05) is 0 Å². The number of carbonyl (C=O) groups is 1. The fourth-order valence-electron chi connectivity index (χ4n) is 2.28. The summed E-state index contributed by atoms with van der Waals surface area (Å²) >= 11 is 0. The zero-order valence-corrected chi connectivity index (χ0v) is 13.6. The lowest BCUT2D eigenvalue weighted by molar-refractivity contribution is 0.0655. The average molecular weight is 302 g/mol. The Kier molecular flexibility index (Phi) is 4.31. The van der Waals surface area contributed by atoms with Crippen LogP contribution in [-0.2, 0) is 5.41 Å². The zero-order chi connectivity index (χ0) is 16.5. The lowest BCUT2D eigenvalue weighted by Gasteiger charge is -2.24. The van der Waals surface area contributed by atoms with Crippen LogP contribution in [0.3, 0.4) is 0 Å². The molecule has 4 heteroatoms. The van der Waals surface area contributed by atoms with Crippen molar-refractivity contribution >= 4 is 5.97 Å². The highest BCUT2D eigenvalue weighted by Gasteiger charge is 2.22. The topological polar surface area (TPSA) is 59.7 Å². The molecule has 0 saturated heterocycles. The molecule has 0 fully saturated rings. The van der Waals surface area contributed by atoms with Crippen LogP contribution in [0.15, 0.2) is 34.7 Å². The van der Waals surface area contributed by atoms with Gasteiger partial charge in [-0.2, -0.15) is 0 Å². The molecule has 1 unspecified atom stereocenters. The van der Waals surface area contributed by atoms with Crippen molar-refractivity contribution in [2.45, 2.75) is 46.1 Å². The molecule has 0 aliphatic carbocycles. The molecular formula is C18H22O4. The minimum absolute atomic E-state index is 0.0435. The van der Waals surface area contributed by atoms with Crippen LogP contribution in [0.4, 0.5) is 0 Å². The van der Waals surface area contributed by atoms with Gasteiger partial charge in [0.2, 0.25) is 5.76 Å². The molecule has 0 saturated carbocycles. The molecule has 0 amide bonds. The normalized spacial score (nSPS) is 13.0.